The molecular formula is C14H16FN3O. The molecular weight excluding hydrogens is 245 g/mol. The predicted octanol–water partition coefficient (Wildman–Crippen LogP) is 2.86. The van der Waals surface area contributed by atoms with Crippen LogP contribution in [0.5, 0.6) is 0 Å². The van der Waals surface area contributed by atoms with Crippen LogP contribution in [0.1, 0.15) is 25.2 Å². The van der Waals surface area contributed by atoms with Gasteiger partial charge in [0.2, 0.25) is 11.8 Å². The number of halogens is 1. The molecule has 1 aromatic heterocycles. The van der Waals surface area contributed by atoms with Gasteiger partial charge < -0.3 is 4.42 Å². The van der Waals surface area contributed by atoms with Gasteiger partial charge >= 0.3 is 0 Å². The summed E-state index contributed by atoms with van der Waals surface area (Å²) in [6, 6.07) is 6.20. The number of rotatable bonds is 3. The lowest BCUT2D eigenvalue weighted by Crippen LogP contribution is -2.29. The van der Waals surface area contributed by atoms with Crippen molar-refractivity contribution in [3.63, 3.8) is 0 Å². The monoisotopic (exact) mass is 261 g/mol. The molecule has 0 radical (unpaired) electrons. The summed E-state index contributed by atoms with van der Waals surface area (Å²) < 4.78 is 18.7. The average molecular weight is 261 g/mol. The molecule has 1 aromatic carbocycles. The number of likely N-dealkylation sites (tertiary alicyclic amines) is 1. The molecule has 0 spiro atoms. The third-order valence-corrected chi connectivity index (χ3v) is 3.35. The first-order valence-corrected chi connectivity index (χ1v) is 6.62. The third kappa shape index (κ3) is 2.98. The SMILES string of the molecule is Fc1cccc(-c2nnc(CN3CCCCC3)o2)c1. The first-order chi connectivity index (χ1) is 9.31. The highest BCUT2D eigenvalue weighted by atomic mass is 19.1. The molecule has 1 aliphatic heterocycles. The Balaban J connectivity index is 1.72. The lowest BCUT2D eigenvalue weighted by atomic mass is 10.1. The van der Waals surface area contributed by atoms with Crippen molar-refractivity contribution < 1.29 is 8.81 Å². The van der Waals surface area contributed by atoms with Crippen LogP contribution in [0, 0.1) is 5.82 Å². The zero-order chi connectivity index (χ0) is 13.1. The van der Waals surface area contributed by atoms with Crippen LogP contribution in [-0.4, -0.2) is 28.2 Å². The first-order valence-electron chi connectivity index (χ1n) is 6.62. The molecule has 2 aromatic rings. The second-order valence-electron chi connectivity index (χ2n) is 4.85. The maximum Gasteiger partial charge on any atom is 0.247 e. The topological polar surface area (TPSA) is 42.2 Å². The molecule has 0 unspecified atom stereocenters. The predicted molar refractivity (Wildman–Crippen MR) is 68.8 cm³/mol. The van der Waals surface area contributed by atoms with E-state index in [0.717, 1.165) is 13.1 Å². The van der Waals surface area contributed by atoms with E-state index in [1.165, 1.54) is 31.4 Å². The Labute approximate surface area is 111 Å². The van der Waals surface area contributed by atoms with Gasteiger partial charge in [-0.1, -0.05) is 12.5 Å². The van der Waals surface area contributed by atoms with E-state index in [1.807, 2.05) is 0 Å². The van der Waals surface area contributed by atoms with Crippen LogP contribution in [-0.2, 0) is 6.54 Å². The van der Waals surface area contributed by atoms with E-state index in [-0.39, 0.29) is 5.82 Å². The Kier molecular flexibility index (Phi) is 3.55. The molecule has 1 saturated heterocycles. The second kappa shape index (κ2) is 5.48. The third-order valence-electron chi connectivity index (χ3n) is 3.35. The molecule has 0 saturated carbocycles. The number of aromatic nitrogens is 2. The summed E-state index contributed by atoms with van der Waals surface area (Å²) in [6.07, 6.45) is 3.75. The zero-order valence-electron chi connectivity index (χ0n) is 10.7. The van der Waals surface area contributed by atoms with Crippen molar-refractivity contribution in [3.05, 3.63) is 36.0 Å². The van der Waals surface area contributed by atoms with Crippen molar-refractivity contribution in [2.24, 2.45) is 0 Å². The van der Waals surface area contributed by atoms with Gasteiger partial charge in [0.1, 0.15) is 5.82 Å². The number of piperidine rings is 1. The quantitative estimate of drug-likeness (QED) is 0.852. The fourth-order valence-corrected chi connectivity index (χ4v) is 2.36. The largest absolute Gasteiger partial charge is 0.419 e. The van der Waals surface area contributed by atoms with E-state index in [1.54, 1.807) is 12.1 Å². The fraction of sp³-hybridized carbons (Fsp3) is 0.429. The van der Waals surface area contributed by atoms with Gasteiger partial charge in [-0.2, -0.15) is 0 Å². The minimum Gasteiger partial charge on any atom is -0.419 e. The normalized spacial score (nSPS) is 16.7. The van der Waals surface area contributed by atoms with Crippen molar-refractivity contribution >= 4 is 0 Å². The van der Waals surface area contributed by atoms with Crippen LogP contribution in [0.4, 0.5) is 4.39 Å². The number of hydrogen-bond acceptors (Lipinski definition) is 4. The van der Waals surface area contributed by atoms with Gasteiger partial charge in [-0.15, -0.1) is 10.2 Å². The molecule has 1 aliphatic rings. The molecule has 0 bridgehead atoms. The smallest absolute Gasteiger partial charge is 0.247 e. The average Bonchev–Trinajstić information content (AvgIpc) is 2.88. The Morgan fingerprint density at radius 2 is 2.00 bits per heavy atom. The van der Waals surface area contributed by atoms with Crippen molar-refractivity contribution in [1.82, 2.24) is 15.1 Å². The molecule has 0 N–H and O–H groups in total. The maximum atomic E-state index is 13.1. The summed E-state index contributed by atoms with van der Waals surface area (Å²) in [5, 5.41) is 8.02. The number of hydrogen-bond donors (Lipinski definition) is 0. The Morgan fingerprint density at radius 1 is 1.16 bits per heavy atom. The molecule has 1 fully saturated rings. The van der Waals surface area contributed by atoms with Crippen molar-refractivity contribution in [2.45, 2.75) is 25.8 Å². The minimum absolute atomic E-state index is 0.298. The summed E-state index contributed by atoms with van der Waals surface area (Å²) in [4.78, 5) is 2.31. The fourth-order valence-electron chi connectivity index (χ4n) is 2.36. The highest BCUT2D eigenvalue weighted by molar-refractivity contribution is 5.52. The molecule has 0 atom stereocenters. The first kappa shape index (κ1) is 12.3. The molecule has 2 heterocycles. The Hall–Kier alpha value is -1.75. The van der Waals surface area contributed by atoms with Gasteiger partial charge in [-0.05, 0) is 44.1 Å². The lowest BCUT2D eigenvalue weighted by molar-refractivity contribution is 0.202. The van der Waals surface area contributed by atoms with E-state index >= 15 is 0 Å². The van der Waals surface area contributed by atoms with Crippen LogP contribution in [0.3, 0.4) is 0 Å². The van der Waals surface area contributed by atoms with E-state index in [4.69, 9.17) is 4.42 Å². The highest BCUT2D eigenvalue weighted by Gasteiger charge is 2.15. The van der Waals surface area contributed by atoms with Gasteiger partial charge in [0.15, 0.2) is 0 Å². The van der Waals surface area contributed by atoms with E-state index in [0.29, 0.717) is 23.9 Å². The van der Waals surface area contributed by atoms with Crippen molar-refractivity contribution in [3.8, 4) is 11.5 Å². The van der Waals surface area contributed by atoms with Crippen LogP contribution < -0.4 is 0 Å². The van der Waals surface area contributed by atoms with Crippen LogP contribution in [0.15, 0.2) is 28.7 Å². The molecule has 100 valence electrons. The molecule has 0 amide bonds. The summed E-state index contributed by atoms with van der Waals surface area (Å²) in [5.41, 5.74) is 0.623. The molecule has 0 aliphatic carbocycles. The molecule has 19 heavy (non-hydrogen) atoms. The molecule has 4 nitrogen and oxygen atoms in total. The van der Waals surface area contributed by atoms with Crippen LogP contribution >= 0.6 is 0 Å². The maximum absolute atomic E-state index is 13.1. The van der Waals surface area contributed by atoms with Crippen molar-refractivity contribution in [1.29, 1.82) is 0 Å². The summed E-state index contributed by atoms with van der Waals surface area (Å²) in [5.74, 6) is 0.681. The van der Waals surface area contributed by atoms with Crippen molar-refractivity contribution in [2.75, 3.05) is 13.1 Å². The molecule has 5 heteroatoms. The summed E-state index contributed by atoms with van der Waals surface area (Å²) in [6.45, 7) is 2.84. The second-order valence-corrected chi connectivity index (χ2v) is 4.85. The Bertz CT molecular complexity index is 549. The lowest BCUT2D eigenvalue weighted by Gasteiger charge is -2.24. The minimum atomic E-state index is -0.298. The van der Waals surface area contributed by atoms with E-state index in [9.17, 15) is 4.39 Å². The van der Waals surface area contributed by atoms with Gasteiger partial charge in [-0.25, -0.2) is 4.39 Å². The zero-order valence-corrected chi connectivity index (χ0v) is 10.7. The standard InChI is InChI=1S/C14H16FN3O/c15-12-6-4-5-11(9-12)14-17-16-13(19-14)10-18-7-2-1-3-8-18/h4-6,9H,1-3,7-8,10H2. The van der Waals surface area contributed by atoms with E-state index < -0.39 is 0 Å². The van der Waals surface area contributed by atoms with Crippen LogP contribution in [0.2, 0.25) is 0 Å². The summed E-state index contributed by atoms with van der Waals surface area (Å²) >= 11 is 0. The molecule has 3 rings (SSSR count). The van der Waals surface area contributed by atoms with Gasteiger partial charge in [-0.3, -0.25) is 4.90 Å². The van der Waals surface area contributed by atoms with Gasteiger partial charge in [0, 0.05) is 5.56 Å². The number of nitrogens with zero attached hydrogens (tertiary/aromatic N) is 3. The number of benzene rings is 1. The Morgan fingerprint density at radius 3 is 2.79 bits per heavy atom. The van der Waals surface area contributed by atoms with Gasteiger partial charge in [0.05, 0.1) is 6.54 Å². The summed E-state index contributed by atoms with van der Waals surface area (Å²) in [7, 11) is 0. The van der Waals surface area contributed by atoms with E-state index in [2.05, 4.69) is 15.1 Å². The highest BCUT2D eigenvalue weighted by Crippen LogP contribution is 2.20. The van der Waals surface area contributed by atoms with Crippen LogP contribution in [0.25, 0.3) is 11.5 Å². The van der Waals surface area contributed by atoms with Gasteiger partial charge in [0.25, 0.3) is 0 Å².